The normalized spacial score (nSPS) is 9.09. The Bertz CT molecular complexity index is 249. The molecule has 0 bridgehead atoms. The molecule has 0 fully saturated rings. The Morgan fingerprint density at radius 2 is 1.91 bits per heavy atom. The molecule has 0 amide bonds. The van der Waals surface area contributed by atoms with Crippen molar-refractivity contribution in [3.8, 4) is 0 Å². The van der Waals surface area contributed by atoms with E-state index < -0.39 is 0 Å². The lowest BCUT2D eigenvalue weighted by Crippen LogP contribution is -1.86. The van der Waals surface area contributed by atoms with Crippen LogP contribution >= 0.6 is 0 Å². The first-order valence-electron chi connectivity index (χ1n) is 3.26. The Balaban J connectivity index is 2.81. The van der Waals surface area contributed by atoms with Gasteiger partial charge in [-0.2, -0.15) is 0 Å². The van der Waals surface area contributed by atoms with Gasteiger partial charge in [-0.3, -0.25) is 9.59 Å². The highest BCUT2D eigenvalue weighted by molar-refractivity contribution is 5.74. The van der Waals surface area contributed by atoms with Crippen molar-refractivity contribution < 1.29 is 9.59 Å². The maximum Gasteiger partial charge on any atom is 0.203 e. The van der Waals surface area contributed by atoms with E-state index in [1.807, 2.05) is 0 Å². The highest BCUT2D eigenvalue weighted by Gasteiger charge is 1.91. The standard InChI is InChI=1S/C9H7O2/c10-6-5-8-1-3-9(7-11)4-2-8/h1-4,7H,5H2. The zero-order valence-corrected chi connectivity index (χ0v) is 5.91. The summed E-state index contributed by atoms with van der Waals surface area (Å²) in [6, 6.07) is 6.85. The topological polar surface area (TPSA) is 34.1 Å². The zero-order valence-electron chi connectivity index (χ0n) is 5.91. The second-order valence-corrected chi connectivity index (χ2v) is 2.18. The molecule has 0 atom stereocenters. The summed E-state index contributed by atoms with van der Waals surface area (Å²) in [7, 11) is 0. The molecule has 0 N–H and O–H groups in total. The first kappa shape index (κ1) is 7.66. The van der Waals surface area contributed by atoms with Gasteiger partial charge in [0.1, 0.15) is 6.29 Å². The van der Waals surface area contributed by atoms with Crippen molar-refractivity contribution in [2.45, 2.75) is 6.42 Å². The van der Waals surface area contributed by atoms with Crippen LogP contribution in [0.25, 0.3) is 0 Å². The van der Waals surface area contributed by atoms with Crippen LogP contribution in [0.15, 0.2) is 24.3 Å². The number of aldehydes is 1. The van der Waals surface area contributed by atoms with Crippen LogP contribution in [0.2, 0.25) is 0 Å². The predicted octanol–water partition coefficient (Wildman–Crippen LogP) is 1.15. The van der Waals surface area contributed by atoms with Crippen molar-refractivity contribution in [2.75, 3.05) is 0 Å². The molecule has 0 aliphatic carbocycles. The minimum Gasteiger partial charge on any atom is -0.298 e. The van der Waals surface area contributed by atoms with Gasteiger partial charge in [-0.05, 0) is 5.56 Å². The van der Waals surface area contributed by atoms with Crippen LogP contribution in [-0.4, -0.2) is 12.6 Å². The Labute approximate surface area is 64.8 Å². The fraction of sp³-hybridized carbons (Fsp3) is 0.111. The van der Waals surface area contributed by atoms with E-state index in [4.69, 9.17) is 0 Å². The molecule has 1 aromatic carbocycles. The summed E-state index contributed by atoms with van der Waals surface area (Å²) < 4.78 is 0. The highest BCUT2D eigenvalue weighted by Crippen LogP contribution is 2.01. The van der Waals surface area contributed by atoms with Crippen molar-refractivity contribution in [1.82, 2.24) is 0 Å². The van der Waals surface area contributed by atoms with E-state index in [0.717, 1.165) is 11.8 Å². The van der Waals surface area contributed by atoms with Gasteiger partial charge in [-0.15, -0.1) is 0 Å². The van der Waals surface area contributed by atoms with Crippen molar-refractivity contribution in [1.29, 1.82) is 0 Å². The number of hydrogen-bond acceptors (Lipinski definition) is 2. The lowest BCUT2D eigenvalue weighted by Gasteiger charge is -1.92. The molecule has 55 valence electrons. The number of carbonyl (C=O) groups is 1. The molecule has 11 heavy (non-hydrogen) atoms. The van der Waals surface area contributed by atoms with Crippen LogP contribution in [0, 0.1) is 0 Å². The number of rotatable bonds is 3. The molecule has 0 unspecified atom stereocenters. The van der Waals surface area contributed by atoms with Crippen molar-refractivity contribution in [2.24, 2.45) is 0 Å². The molecule has 1 aromatic rings. The van der Waals surface area contributed by atoms with Gasteiger partial charge in [-0.1, -0.05) is 24.3 Å². The van der Waals surface area contributed by atoms with Gasteiger partial charge >= 0.3 is 0 Å². The fourth-order valence-electron chi connectivity index (χ4n) is 0.797. The van der Waals surface area contributed by atoms with Crippen LogP contribution in [0.1, 0.15) is 15.9 Å². The lowest BCUT2D eigenvalue weighted by atomic mass is 10.1. The molecule has 1 radical (unpaired) electrons. The Hall–Kier alpha value is -1.44. The average Bonchev–Trinajstić information content (AvgIpc) is 2.07. The molecule has 0 aromatic heterocycles. The van der Waals surface area contributed by atoms with E-state index in [0.29, 0.717) is 12.0 Å². The Morgan fingerprint density at radius 3 is 2.36 bits per heavy atom. The van der Waals surface area contributed by atoms with Gasteiger partial charge in [0, 0.05) is 12.0 Å². The summed E-state index contributed by atoms with van der Waals surface area (Å²) in [5.41, 5.74) is 1.50. The van der Waals surface area contributed by atoms with Gasteiger partial charge < -0.3 is 0 Å². The largest absolute Gasteiger partial charge is 0.298 e. The maximum absolute atomic E-state index is 10.2. The van der Waals surface area contributed by atoms with Crippen LogP contribution in [0.3, 0.4) is 0 Å². The Kier molecular flexibility index (Phi) is 2.55. The van der Waals surface area contributed by atoms with Crippen LogP contribution in [-0.2, 0) is 11.2 Å². The third-order valence-electron chi connectivity index (χ3n) is 1.39. The van der Waals surface area contributed by atoms with Gasteiger partial charge in [-0.25, -0.2) is 0 Å². The van der Waals surface area contributed by atoms with Crippen LogP contribution < -0.4 is 0 Å². The van der Waals surface area contributed by atoms with Gasteiger partial charge in [0.2, 0.25) is 6.29 Å². The van der Waals surface area contributed by atoms with Gasteiger partial charge in [0.05, 0.1) is 0 Å². The van der Waals surface area contributed by atoms with Crippen LogP contribution in [0.5, 0.6) is 0 Å². The van der Waals surface area contributed by atoms with E-state index >= 15 is 0 Å². The first-order chi connectivity index (χ1) is 5.36. The van der Waals surface area contributed by atoms with Crippen molar-refractivity contribution in [3.05, 3.63) is 35.4 Å². The minimum atomic E-state index is 0.291. The molecule has 0 saturated heterocycles. The molecular weight excluding hydrogens is 140 g/mol. The summed E-state index contributed by atoms with van der Waals surface area (Å²) >= 11 is 0. The zero-order chi connectivity index (χ0) is 8.10. The van der Waals surface area contributed by atoms with E-state index in [9.17, 15) is 9.59 Å². The van der Waals surface area contributed by atoms with Crippen molar-refractivity contribution >= 4 is 12.6 Å². The summed E-state index contributed by atoms with van der Waals surface area (Å²) in [4.78, 5) is 20.1. The predicted molar refractivity (Wildman–Crippen MR) is 41.2 cm³/mol. The number of benzene rings is 1. The van der Waals surface area contributed by atoms with E-state index in [1.165, 1.54) is 0 Å². The third kappa shape index (κ3) is 2.00. The number of carbonyl (C=O) groups excluding carboxylic acids is 2. The third-order valence-corrected chi connectivity index (χ3v) is 1.39. The minimum absolute atomic E-state index is 0.291. The Morgan fingerprint density at radius 1 is 1.27 bits per heavy atom. The second-order valence-electron chi connectivity index (χ2n) is 2.18. The molecule has 0 aliphatic heterocycles. The lowest BCUT2D eigenvalue weighted by molar-refractivity contribution is 0.112. The maximum atomic E-state index is 10.2. The summed E-state index contributed by atoms with van der Waals surface area (Å²) in [5, 5.41) is 0. The van der Waals surface area contributed by atoms with Crippen LogP contribution in [0.4, 0.5) is 0 Å². The smallest absolute Gasteiger partial charge is 0.203 e. The van der Waals surface area contributed by atoms with Gasteiger partial charge in [0.25, 0.3) is 0 Å². The quantitative estimate of drug-likeness (QED) is 0.601. The molecule has 0 saturated carbocycles. The summed E-state index contributed by atoms with van der Waals surface area (Å²) in [6.07, 6.45) is 2.85. The molecular formula is C9H7O2. The van der Waals surface area contributed by atoms with E-state index in [-0.39, 0.29) is 0 Å². The molecule has 1 rings (SSSR count). The monoisotopic (exact) mass is 147 g/mol. The molecule has 2 heteroatoms. The second kappa shape index (κ2) is 3.66. The molecule has 2 nitrogen and oxygen atoms in total. The molecule has 0 aliphatic rings. The highest BCUT2D eigenvalue weighted by atomic mass is 16.1. The average molecular weight is 147 g/mol. The fourth-order valence-corrected chi connectivity index (χ4v) is 0.797. The van der Waals surface area contributed by atoms with Gasteiger partial charge in [0.15, 0.2) is 0 Å². The summed E-state index contributed by atoms with van der Waals surface area (Å²) in [5.74, 6) is 0. The first-order valence-corrected chi connectivity index (χ1v) is 3.26. The molecule has 0 spiro atoms. The van der Waals surface area contributed by atoms with E-state index in [2.05, 4.69) is 0 Å². The summed E-state index contributed by atoms with van der Waals surface area (Å²) in [6.45, 7) is 0. The molecule has 0 heterocycles. The van der Waals surface area contributed by atoms with Crippen molar-refractivity contribution in [3.63, 3.8) is 0 Å². The SMILES string of the molecule is O=[C]Cc1ccc(C=O)cc1. The number of hydrogen-bond donors (Lipinski definition) is 0. The van der Waals surface area contributed by atoms with E-state index in [1.54, 1.807) is 30.6 Å².